The molecule has 0 bridgehead atoms. The summed E-state index contributed by atoms with van der Waals surface area (Å²) in [6.45, 7) is 4.29. The molecule has 0 aliphatic rings. The number of rotatable bonds is 5. The van der Waals surface area contributed by atoms with Gasteiger partial charge in [0, 0.05) is 16.4 Å². The van der Waals surface area contributed by atoms with Crippen molar-refractivity contribution in [3.63, 3.8) is 0 Å². The van der Waals surface area contributed by atoms with Crippen molar-refractivity contribution in [1.82, 2.24) is 9.55 Å². The van der Waals surface area contributed by atoms with Crippen LogP contribution in [-0.4, -0.2) is 21.2 Å². The molecule has 0 spiro atoms. The summed E-state index contributed by atoms with van der Waals surface area (Å²) in [5, 5.41) is 4.17. The van der Waals surface area contributed by atoms with Crippen molar-refractivity contribution in [2.45, 2.75) is 25.5 Å². The average molecular weight is 472 g/mol. The lowest BCUT2D eigenvalue weighted by atomic mass is 10.2. The summed E-state index contributed by atoms with van der Waals surface area (Å²) < 4.78 is 8.08. The zero-order valence-corrected chi connectivity index (χ0v) is 18.3. The number of furan rings is 1. The molecule has 2 aromatic carbocycles. The summed E-state index contributed by atoms with van der Waals surface area (Å²) >= 11 is 4.69. The fourth-order valence-corrected chi connectivity index (χ4v) is 4.53. The van der Waals surface area contributed by atoms with Crippen LogP contribution in [-0.2, 0) is 11.3 Å². The molecule has 0 fully saturated rings. The monoisotopic (exact) mass is 471 g/mol. The molecule has 0 radical (unpaired) electrons. The Hall–Kier alpha value is -2.58. The van der Waals surface area contributed by atoms with E-state index in [0.717, 1.165) is 15.4 Å². The quantitative estimate of drug-likeness (QED) is 0.328. The molecule has 0 aliphatic carbocycles. The molecule has 0 saturated heterocycles. The number of amides is 1. The SMILES string of the molecule is CCn1c(SCC(=O)Nc2ccc(C)cc2Br)nc2c(oc3ccccc32)c1=O. The van der Waals surface area contributed by atoms with E-state index in [1.54, 1.807) is 0 Å². The minimum absolute atomic E-state index is 0.133. The van der Waals surface area contributed by atoms with Gasteiger partial charge in [-0.1, -0.05) is 30.0 Å². The van der Waals surface area contributed by atoms with Crippen molar-refractivity contribution < 1.29 is 9.21 Å². The molecular formula is C21H18BrN3O3S. The van der Waals surface area contributed by atoms with Gasteiger partial charge in [-0.05, 0) is 59.6 Å². The molecule has 4 aromatic rings. The molecule has 0 unspecified atom stereocenters. The van der Waals surface area contributed by atoms with Gasteiger partial charge >= 0.3 is 0 Å². The van der Waals surface area contributed by atoms with E-state index >= 15 is 0 Å². The summed E-state index contributed by atoms with van der Waals surface area (Å²) in [4.78, 5) is 30.0. The first-order chi connectivity index (χ1) is 14.0. The van der Waals surface area contributed by atoms with E-state index in [2.05, 4.69) is 26.2 Å². The number of hydrogen-bond donors (Lipinski definition) is 1. The number of carbonyl (C=O) groups is 1. The van der Waals surface area contributed by atoms with Crippen molar-refractivity contribution in [2.75, 3.05) is 11.1 Å². The molecule has 0 saturated carbocycles. The van der Waals surface area contributed by atoms with E-state index in [0.29, 0.717) is 28.5 Å². The number of anilines is 1. The number of hydrogen-bond acceptors (Lipinski definition) is 5. The highest BCUT2D eigenvalue weighted by atomic mass is 79.9. The predicted molar refractivity (Wildman–Crippen MR) is 120 cm³/mol. The predicted octanol–water partition coefficient (Wildman–Crippen LogP) is 4.96. The van der Waals surface area contributed by atoms with Gasteiger partial charge in [0.25, 0.3) is 5.56 Å². The van der Waals surface area contributed by atoms with Crippen LogP contribution in [0.3, 0.4) is 0 Å². The highest BCUT2D eigenvalue weighted by Gasteiger charge is 2.18. The molecule has 4 rings (SSSR count). The lowest BCUT2D eigenvalue weighted by Gasteiger charge is -2.10. The first kappa shape index (κ1) is 19.7. The van der Waals surface area contributed by atoms with Crippen molar-refractivity contribution in [3.05, 3.63) is 62.9 Å². The smallest absolute Gasteiger partial charge is 0.297 e. The van der Waals surface area contributed by atoms with Crippen LogP contribution in [0.4, 0.5) is 5.69 Å². The van der Waals surface area contributed by atoms with Gasteiger partial charge in [0.15, 0.2) is 5.16 Å². The number of fused-ring (bicyclic) bond motifs is 3. The molecule has 6 nitrogen and oxygen atoms in total. The number of para-hydroxylation sites is 1. The molecule has 8 heteroatoms. The second kappa shape index (κ2) is 8.04. The first-order valence-electron chi connectivity index (χ1n) is 9.08. The Labute approximate surface area is 179 Å². The number of carbonyl (C=O) groups excluding carboxylic acids is 1. The fourth-order valence-electron chi connectivity index (χ4n) is 3.08. The van der Waals surface area contributed by atoms with E-state index < -0.39 is 0 Å². The Morgan fingerprint density at radius 1 is 1.28 bits per heavy atom. The third-order valence-corrected chi connectivity index (χ3v) is 6.13. The molecule has 0 atom stereocenters. The van der Waals surface area contributed by atoms with Crippen LogP contribution >= 0.6 is 27.7 Å². The molecule has 2 aromatic heterocycles. The van der Waals surface area contributed by atoms with Crippen LogP contribution in [0.2, 0.25) is 0 Å². The Morgan fingerprint density at radius 3 is 2.83 bits per heavy atom. The van der Waals surface area contributed by atoms with E-state index in [-0.39, 0.29) is 22.8 Å². The lowest BCUT2D eigenvalue weighted by molar-refractivity contribution is -0.113. The maximum Gasteiger partial charge on any atom is 0.297 e. The Kier molecular flexibility index (Phi) is 5.47. The van der Waals surface area contributed by atoms with Crippen LogP contribution in [0, 0.1) is 6.92 Å². The van der Waals surface area contributed by atoms with Crippen molar-refractivity contribution in [1.29, 1.82) is 0 Å². The number of aryl methyl sites for hydroxylation is 1. The third kappa shape index (κ3) is 3.82. The van der Waals surface area contributed by atoms with Crippen molar-refractivity contribution in [3.8, 4) is 0 Å². The van der Waals surface area contributed by atoms with E-state index in [1.165, 1.54) is 16.3 Å². The van der Waals surface area contributed by atoms with Gasteiger partial charge < -0.3 is 9.73 Å². The van der Waals surface area contributed by atoms with Gasteiger partial charge in [0.05, 0.1) is 11.4 Å². The minimum Gasteiger partial charge on any atom is -0.448 e. The molecule has 1 amide bonds. The van der Waals surface area contributed by atoms with Gasteiger partial charge in [-0.3, -0.25) is 14.2 Å². The van der Waals surface area contributed by atoms with Gasteiger partial charge in [-0.25, -0.2) is 4.98 Å². The standard InChI is InChI=1S/C21H18BrN3O3S/c1-3-25-20(27)19-18(13-6-4-5-7-16(13)28-19)24-21(25)29-11-17(26)23-15-9-8-12(2)10-14(15)22/h4-10H,3,11H2,1-2H3,(H,23,26). The number of halogens is 1. The van der Waals surface area contributed by atoms with E-state index in [4.69, 9.17) is 4.42 Å². The van der Waals surface area contributed by atoms with Gasteiger partial charge in [0.2, 0.25) is 11.5 Å². The molecule has 148 valence electrons. The number of aromatic nitrogens is 2. The van der Waals surface area contributed by atoms with Crippen LogP contribution in [0.5, 0.6) is 0 Å². The Balaban J connectivity index is 1.62. The second-order valence-electron chi connectivity index (χ2n) is 6.54. The van der Waals surface area contributed by atoms with Crippen molar-refractivity contribution in [2.24, 2.45) is 0 Å². The molecular weight excluding hydrogens is 454 g/mol. The van der Waals surface area contributed by atoms with Gasteiger partial charge in [0.1, 0.15) is 11.1 Å². The highest BCUT2D eigenvalue weighted by molar-refractivity contribution is 9.10. The first-order valence-corrected chi connectivity index (χ1v) is 10.9. The van der Waals surface area contributed by atoms with Crippen molar-refractivity contribution >= 4 is 61.4 Å². The number of benzene rings is 2. The molecule has 0 aliphatic heterocycles. The maximum absolute atomic E-state index is 12.9. The maximum atomic E-state index is 12.9. The normalized spacial score (nSPS) is 11.3. The largest absolute Gasteiger partial charge is 0.448 e. The van der Waals surface area contributed by atoms with E-state index in [9.17, 15) is 9.59 Å². The number of nitrogens with one attached hydrogen (secondary N) is 1. The topological polar surface area (TPSA) is 77.1 Å². The summed E-state index contributed by atoms with van der Waals surface area (Å²) in [7, 11) is 0. The molecule has 2 heterocycles. The zero-order chi connectivity index (χ0) is 20.5. The Bertz CT molecular complexity index is 1300. The zero-order valence-electron chi connectivity index (χ0n) is 15.9. The van der Waals surface area contributed by atoms with Crippen LogP contribution in [0.25, 0.3) is 22.1 Å². The van der Waals surface area contributed by atoms with E-state index in [1.807, 2.05) is 56.3 Å². The number of thioether (sulfide) groups is 1. The second-order valence-corrected chi connectivity index (χ2v) is 8.34. The van der Waals surface area contributed by atoms with Crippen LogP contribution in [0.15, 0.2) is 61.3 Å². The number of nitrogens with zero attached hydrogens (tertiary/aromatic N) is 2. The van der Waals surface area contributed by atoms with Gasteiger partial charge in [-0.2, -0.15) is 0 Å². The fraction of sp³-hybridized carbons (Fsp3) is 0.190. The third-order valence-electron chi connectivity index (χ3n) is 4.49. The summed E-state index contributed by atoms with van der Waals surface area (Å²) in [6.07, 6.45) is 0. The highest BCUT2D eigenvalue weighted by Crippen LogP contribution is 2.28. The average Bonchev–Trinajstić information content (AvgIpc) is 3.08. The molecule has 1 N–H and O–H groups in total. The Morgan fingerprint density at radius 2 is 2.07 bits per heavy atom. The summed E-state index contributed by atoms with van der Waals surface area (Å²) in [5.74, 6) is -0.0396. The molecule has 29 heavy (non-hydrogen) atoms. The lowest BCUT2D eigenvalue weighted by Crippen LogP contribution is -2.23. The minimum atomic E-state index is -0.238. The summed E-state index contributed by atoms with van der Waals surface area (Å²) in [6, 6.07) is 13.1. The van der Waals surface area contributed by atoms with Crippen LogP contribution < -0.4 is 10.9 Å². The summed E-state index contributed by atoms with van der Waals surface area (Å²) in [5.41, 5.74) is 2.96. The van der Waals surface area contributed by atoms with Crippen LogP contribution in [0.1, 0.15) is 12.5 Å². The van der Waals surface area contributed by atoms with Gasteiger partial charge in [-0.15, -0.1) is 0 Å².